The number of aromatic nitrogens is 1. The summed E-state index contributed by atoms with van der Waals surface area (Å²) in [4.78, 5) is 32.7. The number of amides is 2. The Bertz CT molecular complexity index is 876. The van der Waals surface area contributed by atoms with E-state index < -0.39 is 0 Å². The topological polar surface area (TPSA) is 56.4 Å². The minimum absolute atomic E-state index is 0.0742. The Labute approximate surface area is 164 Å². The van der Waals surface area contributed by atoms with Crippen LogP contribution in [0.2, 0.25) is 5.02 Å². The molecule has 1 N–H and O–H groups in total. The summed E-state index contributed by atoms with van der Waals surface area (Å²) in [5, 5.41) is 1.82. The number of H-pyrrole nitrogens is 1. The number of benzene rings is 1. The first kappa shape index (κ1) is 18.4. The summed E-state index contributed by atoms with van der Waals surface area (Å²) in [7, 11) is 0. The third kappa shape index (κ3) is 3.57. The number of carbonyl (C=O) groups excluding carboxylic acids is 2. The van der Waals surface area contributed by atoms with Crippen LogP contribution in [0.5, 0.6) is 0 Å². The van der Waals surface area contributed by atoms with Crippen LogP contribution in [0.25, 0.3) is 10.9 Å². The zero-order valence-corrected chi connectivity index (χ0v) is 16.5. The summed E-state index contributed by atoms with van der Waals surface area (Å²) in [6, 6.07) is 5.87. The van der Waals surface area contributed by atoms with Crippen molar-refractivity contribution in [1.29, 1.82) is 0 Å². The fourth-order valence-electron chi connectivity index (χ4n) is 4.41. The molecule has 2 aromatic rings. The zero-order chi connectivity index (χ0) is 19.0. The van der Waals surface area contributed by atoms with Crippen LogP contribution in [0, 0.1) is 5.92 Å². The molecule has 0 radical (unpaired) electrons. The first-order valence-corrected chi connectivity index (χ1v) is 10.3. The molecule has 27 heavy (non-hydrogen) atoms. The van der Waals surface area contributed by atoms with Crippen LogP contribution in [0.4, 0.5) is 0 Å². The molecular weight excluding hydrogens is 362 g/mol. The largest absolute Gasteiger partial charge is 0.358 e. The van der Waals surface area contributed by atoms with Gasteiger partial charge in [-0.2, -0.15) is 0 Å². The summed E-state index contributed by atoms with van der Waals surface area (Å²) in [6.45, 7) is 4.72. The molecule has 0 bridgehead atoms. The zero-order valence-electron chi connectivity index (χ0n) is 15.8. The van der Waals surface area contributed by atoms with Gasteiger partial charge in [-0.05, 0) is 37.5 Å². The maximum atomic E-state index is 13.2. The van der Waals surface area contributed by atoms with E-state index in [0.717, 1.165) is 49.7 Å². The van der Waals surface area contributed by atoms with Crippen LogP contribution in [0.15, 0.2) is 18.2 Å². The van der Waals surface area contributed by atoms with Gasteiger partial charge in [0.2, 0.25) is 11.8 Å². The van der Waals surface area contributed by atoms with Crippen molar-refractivity contribution >= 4 is 34.3 Å². The van der Waals surface area contributed by atoms with Crippen molar-refractivity contribution < 1.29 is 9.59 Å². The quantitative estimate of drug-likeness (QED) is 0.872. The first-order chi connectivity index (χ1) is 13.1. The number of nitrogens with zero attached hydrogens (tertiary/aromatic N) is 2. The van der Waals surface area contributed by atoms with E-state index in [1.54, 1.807) is 0 Å². The number of likely N-dealkylation sites (tertiary alicyclic amines) is 1. The molecule has 1 unspecified atom stereocenters. The third-order valence-electron chi connectivity index (χ3n) is 5.84. The molecule has 6 heteroatoms. The van der Waals surface area contributed by atoms with E-state index in [-0.39, 0.29) is 17.7 Å². The van der Waals surface area contributed by atoms with Gasteiger partial charge in [-0.3, -0.25) is 9.59 Å². The summed E-state index contributed by atoms with van der Waals surface area (Å²) < 4.78 is 0. The Balaban J connectivity index is 1.50. The van der Waals surface area contributed by atoms with Crippen molar-refractivity contribution in [3.63, 3.8) is 0 Å². The van der Waals surface area contributed by atoms with Crippen LogP contribution in [0.1, 0.15) is 43.9 Å². The smallest absolute Gasteiger partial charge is 0.227 e. The second-order valence-electron chi connectivity index (χ2n) is 7.71. The van der Waals surface area contributed by atoms with E-state index in [9.17, 15) is 9.59 Å². The van der Waals surface area contributed by atoms with Crippen molar-refractivity contribution in [3.8, 4) is 0 Å². The first-order valence-electron chi connectivity index (χ1n) is 9.92. The molecule has 4 rings (SSSR count). The van der Waals surface area contributed by atoms with E-state index >= 15 is 0 Å². The van der Waals surface area contributed by atoms with Gasteiger partial charge in [0.25, 0.3) is 0 Å². The van der Waals surface area contributed by atoms with Gasteiger partial charge in [-0.1, -0.05) is 18.5 Å². The van der Waals surface area contributed by atoms with Crippen molar-refractivity contribution in [2.45, 2.75) is 45.6 Å². The van der Waals surface area contributed by atoms with E-state index in [1.807, 2.05) is 34.9 Å². The standard InChI is InChI=1S/C21H26ClN3O2/c1-2-4-20(26)24-9-3-5-14(12-24)21(27)25-10-8-19-17(13-25)16-11-15(22)6-7-18(16)23-19/h6-7,11,14,23H,2-5,8-10,12-13H2,1H3. The summed E-state index contributed by atoms with van der Waals surface area (Å²) in [5.41, 5.74) is 3.47. The predicted octanol–water partition coefficient (Wildman–Crippen LogP) is 3.74. The Kier molecular flexibility index (Phi) is 5.13. The highest BCUT2D eigenvalue weighted by atomic mass is 35.5. The molecule has 1 aromatic carbocycles. The van der Waals surface area contributed by atoms with E-state index in [0.29, 0.717) is 24.5 Å². The van der Waals surface area contributed by atoms with Gasteiger partial charge in [0.05, 0.1) is 5.92 Å². The molecule has 2 aliphatic heterocycles. The molecule has 1 atom stereocenters. The number of piperidine rings is 1. The maximum Gasteiger partial charge on any atom is 0.227 e. The van der Waals surface area contributed by atoms with Gasteiger partial charge in [-0.25, -0.2) is 0 Å². The van der Waals surface area contributed by atoms with E-state index in [1.165, 1.54) is 11.3 Å². The molecule has 0 aliphatic carbocycles. The molecule has 3 heterocycles. The van der Waals surface area contributed by atoms with Crippen LogP contribution >= 0.6 is 11.6 Å². The molecule has 2 aliphatic rings. The molecular formula is C21H26ClN3O2. The van der Waals surface area contributed by atoms with Crippen molar-refractivity contribution in [2.75, 3.05) is 19.6 Å². The minimum Gasteiger partial charge on any atom is -0.358 e. The van der Waals surface area contributed by atoms with Crippen LogP contribution in [-0.2, 0) is 22.6 Å². The van der Waals surface area contributed by atoms with Crippen molar-refractivity contribution in [3.05, 3.63) is 34.5 Å². The Morgan fingerprint density at radius 1 is 1.26 bits per heavy atom. The van der Waals surface area contributed by atoms with Crippen LogP contribution in [-0.4, -0.2) is 46.2 Å². The highest BCUT2D eigenvalue weighted by Gasteiger charge is 2.33. The van der Waals surface area contributed by atoms with Gasteiger partial charge in [0, 0.05) is 66.2 Å². The second kappa shape index (κ2) is 7.55. The lowest BCUT2D eigenvalue weighted by molar-refractivity contribution is -0.141. The Morgan fingerprint density at radius 2 is 2.11 bits per heavy atom. The van der Waals surface area contributed by atoms with Crippen molar-refractivity contribution in [1.82, 2.24) is 14.8 Å². The van der Waals surface area contributed by atoms with Gasteiger partial charge in [0.15, 0.2) is 0 Å². The summed E-state index contributed by atoms with van der Waals surface area (Å²) in [6.07, 6.45) is 4.04. The number of nitrogens with one attached hydrogen (secondary N) is 1. The minimum atomic E-state index is -0.0742. The molecule has 1 aromatic heterocycles. The van der Waals surface area contributed by atoms with Crippen molar-refractivity contribution in [2.24, 2.45) is 5.92 Å². The van der Waals surface area contributed by atoms with E-state index in [4.69, 9.17) is 11.6 Å². The molecule has 0 saturated carbocycles. The van der Waals surface area contributed by atoms with Gasteiger partial charge in [-0.15, -0.1) is 0 Å². The lowest BCUT2D eigenvalue weighted by atomic mass is 9.94. The fourth-order valence-corrected chi connectivity index (χ4v) is 4.58. The highest BCUT2D eigenvalue weighted by molar-refractivity contribution is 6.31. The van der Waals surface area contributed by atoms with Gasteiger partial charge < -0.3 is 14.8 Å². The third-order valence-corrected chi connectivity index (χ3v) is 6.07. The number of carbonyl (C=O) groups is 2. The molecule has 1 fully saturated rings. The number of halogens is 1. The Hall–Kier alpha value is -2.01. The number of hydrogen-bond acceptors (Lipinski definition) is 2. The normalized spacial score (nSPS) is 20.0. The SMILES string of the molecule is CCCC(=O)N1CCCC(C(=O)N2CCc3[nH]c4ccc(Cl)cc4c3C2)C1. The summed E-state index contributed by atoms with van der Waals surface area (Å²) >= 11 is 6.18. The maximum absolute atomic E-state index is 13.2. The molecule has 0 spiro atoms. The monoisotopic (exact) mass is 387 g/mol. The number of aromatic amines is 1. The molecule has 5 nitrogen and oxygen atoms in total. The van der Waals surface area contributed by atoms with Gasteiger partial charge >= 0.3 is 0 Å². The lowest BCUT2D eigenvalue weighted by Crippen LogP contribution is -2.47. The second-order valence-corrected chi connectivity index (χ2v) is 8.15. The highest BCUT2D eigenvalue weighted by Crippen LogP contribution is 2.31. The van der Waals surface area contributed by atoms with Crippen LogP contribution < -0.4 is 0 Å². The average molecular weight is 388 g/mol. The number of hydrogen-bond donors (Lipinski definition) is 1. The summed E-state index contributed by atoms with van der Waals surface area (Å²) in [5.74, 6) is 0.295. The Morgan fingerprint density at radius 3 is 2.93 bits per heavy atom. The van der Waals surface area contributed by atoms with Gasteiger partial charge in [0.1, 0.15) is 0 Å². The molecule has 2 amide bonds. The van der Waals surface area contributed by atoms with E-state index in [2.05, 4.69) is 4.98 Å². The lowest BCUT2D eigenvalue weighted by Gasteiger charge is -2.36. The molecule has 144 valence electrons. The number of fused-ring (bicyclic) bond motifs is 3. The fraction of sp³-hybridized carbons (Fsp3) is 0.524. The average Bonchev–Trinajstić information content (AvgIpc) is 3.05. The van der Waals surface area contributed by atoms with Crippen LogP contribution in [0.3, 0.4) is 0 Å². The molecule has 1 saturated heterocycles. The predicted molar refractivity (Wildman–Crippen MR) is 107 cm³/mol. The number of rotatable bonds is 3.